The van der Waals surface area contributed by atoms with Gasteiger partial charge in [0.15, 0.2) is 0 Å². The molecule has 1 N–H and O–H groups in total. The van der Waals surface area contributed by atoms with Gasteiger partial charge in [-0.3, -0.25) is 0 Å². The van der Waals surface area contributed by atoms with Crippen LogP contribution in [0.15, 0.2) is 36.4 Å². The van der Waals surface area contributed by atoms with E-state index in [4.69, 9.17) is 5.41 Å². The Morgan fingerprint density at radius 3 is 2.47 bits per heavy atom. The lowest BCUT2D eigenvalue weighted by Crippen LogP contribution is -1.91. The van der Waals surface area contributed by atoms with Crippen LogP contribution in [0.25, 0.3) is 10.8 Å². The van der Waals surface area contributed by atoms with E-state index < -0.39 is 0 Å². The summed E-state index contributed by atoms with van der Waals surface area (Å²) in [6.45, 7) is 3.98. The van der Waals surface area contributed by atoms with E-state index in [1.165, 1.54) is 16.3 Å². The lowest BCUT2D eigenvalue weighted by atomic mass is 10.0. The smallest absolute Gasteiger partial charge is 0.0355 e. The molecule has 0 aromatic heterocycles. The minimum atomic E-state index is 0.624. The zero-order chi connectivity index (χ0) is 10.8. The van der Waals surface area contributed by atoms with Crippen LogP contribution in [-0.2, 0) is 6.42 Å². The van der Waals surface area contributed by atoms with Gasteiger partial charge in [-0.25, -0.2) is 0 Å². The number of benzene rings is 2. The van der Waals surface area contributed by atoms with E-state index in [0.29, 0.717) is 5.71 Å². The van der Waals surface area contributed by atoms with Crippen molar-refractivity contribution in [2.75, 3.05) is 0 Å². The molecular weight excluding hydrogens is 182 g/mol. The summed E-state index contributed by atoms with van der Waals surface area (Å²) in [6, 6.07) is 12.7. The lowest BCUT2D eigenvalue weighted by molar-refractivity contribution is 1.15. The van der Waals surface area contributed by atoms with Crippen LogP contribution < -0.4 is 0 Å². The lowest BCUT2D eigenvalue weighted by Gasteiger charge is -2.04. The number of nitrogens with one attached hydrogen (secondary N) is 1. The predicted octanol–water partition coefficient (Wildman–Crippen LogP) is 3.79. The van der Waals surface area contributed by atoms with Crippen molar-refractivity contribution in [2.24, 2.45) is 0 Å². The molecule has 0 atom stereocenters. The largest absolute Gasteiger partial charge is 0.305 e. The molecule has 0 fully saturated rings. The monoisotopic (exact) mass is 197 g/mol. The highest BCUT2D eigenvalue weighted by atomic mass is 14.4. The van der Waals surface area contributed by atoms with Gasteiger partial charge >= 0.3 is 0 Å². The van der Waals surface area contributed by atoms with E-state index in [0.717, 1.165) is 12.0 Å². The van der Waals surface area contributed by atoms with E-state index in [1.54, 1.807) is 0 Å². The van der Waals surface area contributed by atoms with E-state index in [9.17, 15) is 0 Å². The van der Waals surface area contributed by atoms with Gasteiger partial charge < -0.3 is 5.41 Å². The third kappa shape index (κ3) is 1.91. The Morgan fingerprint density at radius 1 is 1.07 bits per heavy atom. The fourth-order valence-electron chi connectivity index (χ4n) is 1.75. The first-order valence-electron chi connectivity index (χ1n) is 5.29. The first kappa shape index (κ1) is 9.91. The Bertz CT molecular complexity index is 512. The van der Waals surface area contributed by atoms with Gasteiger partial charge in [-0.1, -0.05) is 37.3 Å². The maximum absolute atomic E-state index is 7.61. The molecule has 0 saturated heterocycles. The highest BCUT2D eigenvalue weighted by Gasteiger charge is 1.99. The average Bonchev–Trinajstić information content (AvgIpc) is 2.27. The van der Waals surface area contributed by atoms with Gasteiger partial charge in [0.25, 0.3) is 0 Å². The number of aryl methyl sites for hydroxylation is 1. The highest BCUT2D eigenvalue weighted by molar-refractivity contribution is 6.00. The third-order valence-electron chi connectivity index (χ3n) is 2.75. The first-order chi connectivity index (χ1) is 7.20. The van der Waals surface area contributed by atoms with Crippen LogP contribution >= 0.6 is 0 Å². The number of hydrogen-bond donors (Lipinski definition) is 1. The molecule has 0 bridgehead atoms. The van der Waals surface area contributed by atoms with Gasteiger partial charge in [0.05, 0.1) is 0 Å². The van der Waals surface area contributed by atoms with Crippen molar-refractivity contribution in [2.45, 2.75) is 20.3 Å². The maximum Gasteiger partial charge on any atom is 0.0355 e. The fourth-order valence-corrected chi connectivity index (χ4v) is 1.75. The van der Waals surface area contributed by atoms with Crippen molar-refractivity contribution < 1.29 is 0 Å². The van der Waals surface area contributed by atoms with Gasteiger partial charge in [-0.05, 0) is 41.3 Å². The molecule has 15 heavy (non-hydrogen) atoms. The number of rotatable bonds is 2. The van der Waals surface area contributed by atoms with E-state index in [-0.39, 0.29) is 0 Å². The van der Waals surface area contributed by atoms with Gasteiger partial charge in [0, 0.05) is 5.71 Å². The van der Waals surface area contributed by atoms with Crippen LogP contribution in [0.3, 0.4) is 0 Å². The summed E-state index contributed by atoms with van der Waals surface area (Å²) in [6.07, 6.45) is 1.06. The Kier molecular flexibility index (Phi) is 2.55. The Hall–Kier alpha value is -1.63. The summed E-state index contributed by atoms with van der Waals surface area (Å²) in [7, 11) is 0. The predicted molar refractivity (Wildman–Crippen MR) is 65.8 cm³/mol. The topological polar surface area (TPSA) is 23.9 Å². The maximum atomic E-state index is 7.61. The highest BCUT2D eigenvalue weighted by Crippen LogP contribution is 2.18. The van der Waals surface area contributed by atoms with Crippen LogP contribution in [0.1, 0.15) is 25.0 Å². The fraction of sp³-hybridized carbons (Fsp3) is 0.214. The molecule has 0 heterocycles. The quantitative estimate of drug-likeness (QED) is 0.708. The van der Waals surface area contributed by atoms with E-state index in [1.807, 2.05) is 13.0 Å². The van der Waals surface area contributed by atoms with Crippen molar-refractivity contribution in [3.63, 3.8) is 0 Å². The van der Waals surface area contributed by atoms with Crippen LogP contribution in [-0.4, -0.2) is 5.71 Å². The normalized spacial score (nSPS) is 10.5. The molecule has 2 aromatic carbocycles. The SMILES string of the molecule is CCc1ccc2ccc(C(C)=N)cc2c1. The molecule has 0 aliphatic carbocycles. The zero-order valence-electron chi connectivity index (χ0n) is 9.17. The van der Waals surface area contributed by atoms with E-state index >= 15 is 0 Å². The molecule has 0 amide bonds. The standard InChI is InChI=1S/C14H15N/c1-3-11-4-5-12-6-7-13(10(2)15)9-14(12)8-11/h4-9,15H,3H2,1-2H3. The molecule has 1 nitrogen and oxygen atoms in total. The molecule has 2 aromatic rings. The molecule has 0 aliphatic heterocycles. The average molecular weight is 197 g/mol. The molecular formula is C14H15N. The van der Waals surface area contributed by atoms with Crippen molar-refractivity contribution in [3.05, 3.63) is 47.5 Å². The Morgan fingerprint density at radius 2 is 1.80 bits per heavy atom. The summed E-state index contributed by atoms with van der Waals surface area (Å²) in [5.74, 6) is 0. The van der Waals surface area contributed by atoms with Crippen LogP contribution in [0, 0.1) is 5.41 Å². The van der Waals surface area contributed by atoms with Crippen molar-refractivity contribution in [1.29, 1.82) is 5.41 Å². The van der Waals surface area contributed by atoms with Gasteiger partial charge in [0.2, 0.25) is 0 Å². The molecule has 2 rings (SSSR count). The number of fused-ring (bicyclic) bond motifs is 1. The third-order valence-corrected chi connectivity index (χ3v) is 2.75. The summed E-state index contributed by atoms with van der Waals surface area (Å²) < 4.78 is 0. The molecule has 0 saturated carbocycles. The van der Waals surface area contributed by atoms with Gasteiger partial charge in [-0.2, -0.15) is 0 Å². The second-order valence-electron chi connectivity index (χ2n) is 3.87. The van der Waals surface area contributed by atoms with Gasteiger partial charge in [0.1, 0.15) is 0 Å². The minimum Gasteiger partial charge on any atom is -0.305 e. The minimum absolute atomic E-state index is 0.624. The molecule has 0 unspecified atom stereocenters. The van der Waals surface area contributed by atoms with Gasteiger partial charge in [-0.15, -0.1) is 0 Å². The first-order valence-corrected chi connectivity index (χ1v) is 5.29. The van der Waals surface area contributed by atoms with Crippen LogP contribution in [0.2, 0.25) is 0 Å². The zero-order valence-corrected chi connectivity index (χ0v) is 9.17. The second kappa shape index (κ2) is 3.85. The second-order valence-corrected chi connectivity index (χ2v) is 3.87. The number of hydrogen-bond acceptors (Lipinski definition) is 1. The summed E-state index contributed by atoms with van der Waals surface area (Å²) in [5, 5.41) is 10.1. The molecule has 76 valence electrons. The van der Waals surface area contributed by atoms with Crippen LogP contribution in [0.5, 0.6) is 0 Å². The van der Waals surface area contributed by atoms with Crippen molar-refractivity contribution in [3.8, 4) is 0 Å². The molecule has 0 aliphatic rings. The Balaban J connectivity index is 2.62. The van der Waals surface area contributed by atoms with Crippen molar-refractivity contribution >= 4 is 16.5 Å². The summed E-state index contributed by atoms with van der Waals surface area (Å²) in [5.41, 5.74) is 2.98. The molecule has 0 spiro atoms. The Labute approximate surface area is 90.3 Å². The van der Waals surface area contributed by atoms with E-state index in [2.05, 4.69) is 37.3 Å². The summed E-state index contributed by atoms with van der Waals surface area (Å²) in [4.78, 5) is 0. The molecule has 1 heteroatoms. The summed E-state index contributed by atoms with van der Waals surface area (Å²) >= 11 is 0. The van der Waals surface area contributed by atoms with Crippen molar-refractivity contribution in [1.82, 2.24) is 0 Å². The van der Waals surface area contributed by atoms with Crippen LogP contribution in [0.4, 0.5) is 0 Å². The molecule has 0 radical (unpaired) electrons.